The third-order valence-corrected chi connectivity index (χ3v) is 4.59. The Morgan fingerprint density at radius 3 is 2.78 bits per heavy atom. The van der Waals surface area contributed by atoms with Gasteiger partial charge in [-0.15, -0.1) is 0 Å². The number of nitrogens with one attached hydrogen (secondary N) is 1. The number of amides is 1. The Balaban J connectivity index is 1.83. The van der Waals surface area contributed by atoms with Gasteiger partial charge in [0.25, 0.3) is 5.91 Å². The van der Waals surface area contributed by atoms with Gasteiger partial charge in [-0.3, -0.25) is 9.59 Å². The van der Waals surface area contributed by atoms with Gasteiger partial charge in [-0.1, -0.05) is 0 Å². The van der Waals surface area contributed by atoms with Crippen LogP contribution in [-0.4, -0.2) is 55.0 Å². The smallest absolute Gasteiger partial charge is 0.303 e. The molecule has 0 aliphatic carbocycles. The molecular formula is C15H19N5O3. The summed E-state index contributed by atoms with van der Waals surface area (Å²) in [6, 6.07) is 1.80. The largest absolute Gasteiger partial charge is 0.481 e. The van der Waals surface area contributed by atoms with Crippen LogP contribution < -0.4 is 0 Å². The number of carbonyl (C=O) groups excluding carboxylic acids is 1. The summed E-state index contributed by atoms with van der Waals surface area (Å²) >= 11 is 0. The van der Waals surface area contributed by atoms with E-state index >= 15 is 0 Å². The summed E-state index contributed by atoms with van der Waals surface area (Å²) in [5, 5.41) is 19.6. The fourth-order valence-corrected chi connectivity index (χ4v) is 3.20. The summed E-state index contributed by atoms with van der Waals surface area (Å²) < 4.78 is 1.90. The first-order chi connectivity index (χ1) is 11.0. The number of H-pyrrole nitrogens is 1. The van der Waals surface area contributed by atoms with Gasteiger partial charge in [0.05, 0.1) is 23.9 Å². The van der Waals surface area contributed by atoms with Crippen LogP contribution >= 0.6 is 0 Å². The minimum atomic E-state index is -0.867. The molecule has 1 aliphatic rings. The molecule has 1 saturated heterocycles. The summed E-state index contributed by atoms with van der Waals surface area (Å²) in [5.41, 5.74) is 2.26. The van der Waals surface area contributed by atoms with Crippen molar-refractivity contribution in [1.82, 2.24) is 24.9 Å². The van der Waals surface area contributed by atoms with Gasteiger partial charge < -0.3 is 14.6 Å². The van der Waals surface area contributed by atoms with Crippen molar-refractivity contribution in [1.29, 1.82) is 0 Å². The molecule has 0 radical (unpaired) electrons. The number of aryl methyl sites for hydroxylation is 1. The lowest BCUT2D eigenvalue weighted by molar-refractivity contribution is -0.138. The Morgan fingerprint density at radius 2 is 2.22 bits per heavy atom. The number of carbonyl (C=O) groups is 2. The van der Waals surface area contributed by atoms with Gasteiger partial charge in [0, 0.05) is 37.9 Å². The zero-order valence-corrected chi connectivity index (χ0v) is 13.1. The normalized spacial score (nSPS) is 20.9. The van der Waals surface area contributed by atoms with Crippen LogP contribution in [0.3, 0.4) is 0 Å². The SMILES string of the molecule is Cc1c(C(=O)N2C[C@H](CC(=O)O)[C@H](c3cn[nH]n3)C2)ccn1C. The molecule has 0 aromatic carbocycles. The van der Waals surface area contributed by atoms with Crippen molar-refractivity contribution in [2.75, 3.05) is 13.1 Å². The van der Waals surface area contributed by atoms with Gasteiger partial charge in [-0.05, 0) is 18.9 Å². The first kappa shape index (κ1) is 15.3. The van der Waals surface area contributed by atoms with Gasteiger partial charge in [-0.25, -0.2) is 0 Å². The van der Waals surface area contributed by atoms with Crippen LogP contribution in [0.2, 0.25) is 0 Å². The molecule has 8 nitrogen and oxygen atoms in total. The number of rotatable bonds is 4. The molecule has 3 rings (SSSR count). The Morgan fingerprint density at radius 1 is 1.43 bits per heavy atom. The van der Waals surface area contributed by atoms with Crippen LogP contribution in [0.25, 0.3) is 0 Å². The van der Waals surface area contributed by atoms with Crippen molar-refractivity contribution in [3.8, 4) is 0 Å². The Labute approximate surface area is 133 Å². The van der Waals surface area contributed by atoms with E-state index in [-0.39, 0.29) is 24.2 Å². The molecule has 3 heterocycles. The molecule has 2 aromatic rings. The van der Waals surface area contributed by atoms with E-state index in [1.54, 1.807) is 17.2 Å². The van der Waals surface area contributed by atoms with E-state index in [4.69, 9.17) is 5.11 Å². The second-order valence-corrected chi connectivity index (χ2v) is 6.00. The number of carboxylic acids is 1. The molecule has 23 heavy (non-hydrogen) atoms. The van der Waals surface area contributed by atoms with Gasteiger partial charge >= 0.3 is 5.97 Å². The summed E-state index contributed by atoms with van der Waals surface area (Å²) in [6.45, 7) is 2.77. The van der Waals surface area contributed by atoms with E-state index in [1.165, 1.54) is 0 Å². The molecule has 8 heteroatoms. The van der Waals surface area contributed by atoms with E-state index in [0.29, 0.717) is 24.3 Å². The van der Waals surface area contributed by atoms with Crippen LogP contribution in [0, 0.1) is 12.8 Å². The van der Waals surface area contributed by atoms with E-state index in [2.05, 4.69) is 15.4 Å². The third kappa shape index (κ3) is 2.84. The molecule has 0 spiro atoms. The minimum absolute atomic E-state index is 0.00901. The van der Waals surface area contributed by atoms with E-state index in [0.717, 1.165) is 5.69 Å². The quantitative estimate of drug-likeness (QED) is 0.867. The van der Waals surface area contributed by atoms with Crippen molar-refractivity contribution in [3.05, 3.63) is 35.4 Å². The molecule has 0 bridgehead atoms. The summed E-state index contributed by atoms with van der Waals surface area (Å²) in [7, 11) is 1.89. The van der Waals surface area contributed by atoms with Crippen LogP contribution in [0.5, 0.6) is 0 Å². The molecule has 1 fully saturated rings. The fraction of sp³-hybridized carbons (Fsp3) is 0.467. The van der Waals surface area contributed by atoms with Crippen LogP contribution in [0.1, 0.15) is 34.1 Å². The zero-order valence-electron chi connectivity index (χ0n) is 13.1. The molecule has 0 saturated carbocycles. The molecule has 1 aliphatic heterocycles. The molecule has 1 amide bonds. The maximum atomic E-state index is 12.7. The number of hydrogen-bond acceptors (Lipinski definition) is 4. The number of hydrogen-bond donors (Lipinski definition) is 2. The van der Waals surface area contributed by atoms with E-state index in [1.807, 2.05) is 24.7 Å². The standard InChI is InChI=1S/C15H19N5O3/c1-9-11(3-4-19(9)2)15(23)20-7-10(5-14(21)22)12(8-20)13-6-16-18-17-13/h3-4,6,10,12H,5,7-8H2,1-2H3,(H,21,22)(H,16,17,18)/t10-,12+/m0/s1. The van der Waals surface area contributed by atoms with E-state index < -0.39 is 5.97 Å². The number of aromatic nitrogens is 4. The Bertz CT molecular complexity index is 722. The average Bonchev–Trinajstić information content (AvgIpc) is 3.20. The molecule has 2 aromatic heterocycles. The lowest BCUT2D eigenvalue weighted by Crippen LogP contribution is -2.29. The minimum Gasteiger partial charge on any atom is -0.481 e. The van der Waals surface area contributed by atoms with Crippen molar-refractivity contribution in [2.45, 2.75) is 19.3 Å². The van der Waals surface area contributed by atoms with Crippen molar-refractivity contribution in [3.63, 3.8) is 0 Å². The Kier molecular flexibility index (Phi) is 3.89. The average molecular weight is 317 g/mol. The predicted octanol–water partition coefficient (Wildman–Crippen LogP) is 0.782. The predicted molar refractivity (Wildman–Crippen MR) is 80.9 cm³/mol. The second-order valence-electron chi connectivity index (χ2n) is 6.00. The van der Waals surface area contributed by atoms with Crippen LogP contribution in [-0.2, 0) is 11.8 Å². The highest BCUT2D eigenvalue weighted by Gasteiger charge is 2.39. The monoisotopic (exact) mass is 317 g/mol. The molecule has 0 unspecified atom stereocenters. The van der Waals surface area contributed by atoms with Gasteiger partial charge in [-0.2, -0.15) is 15.4 Å². The van der Waals surface area contributed by atoms with Gasteiger partial charge in [0.15, 0.2) is 0 Å². The van der Waals surface area contributed by atoms with Crippen molar-refractivity contribution < 1.29 is 14.7 Å². The van der Waals surface area contributed by atoms with Gasteiger partial charge in [0.2, 0.25) is 0 Å². The second kappa shape index (κ2) is 5.86. The fourth-order valence-electron chi connectivity index (χ4n) is 3.20. The highest BCUT2D eigenvalue weighted by molar-refractivity contribution is 5.95. The number of likely N-dealkylation sites (tertiary alicyclic amines) is 1. The lowest BCUT2D eigenvalue weighted by Gasteiger charge is -2.16. The van der Waals surface area contributed by atoms with Gasteiger partial charge in [0.1, 0.15) is 0 Å². The zero-order chi connectivity index (χ0) is 16.6. The van der Waals surface area contributed by atoms with Crippen LogP contribution in [0.15, 0.2) is 18.5 Å². The van der Waals surface area contributed by atoms with Crippen molar-refractivity contribution >= 4 is 11.9 Å². The third-order valence-electron chi connectivity index (χ3n) is 4.59. The number of aromatic amines is 1. The van der Waals surface area contributed by atoms with Crippen LogP contribution in [0.4, 0.5) is 0 Å². The topological polar surface area (TPSA) is 104 Å². The maximum Gasteiger partial charge on any atom is 0.303 e. The molecule has 2 N–H and O–H groups in total. The highest BCUT2D eigenvalue weighted by Crippen LogP contribution is 2.34. The summed E-state index contributed by atoms with van der Waals surface area (Å²) in [5.74, 6) is -1.21. The number of carboxylic acid groups (broad SMARTS) is 1. The maximum absolute atomic E-state index is 12.7. The Hall–Kier alpha value is -2.64. The first-order valence-electron chi connectivity index (χ1n) is 7.46. The lowest BCUT2D eigenvalue weighted by atomic mass is 9.91. The summed E-state index contributed by atoms with van der Waals surface area (Å²) in [6.07, 6.45) is 3.46. The van der Waals surface area contributed by atoms with Crippen molar-refractivity contribution in [2.24, 2.45) is 13.0 Å². The molecular weight excluding hydrogens is 298 g/mol. The summed E-state index contributed by atoms with van der Waals surface area (Å²) in [4.78, 5) is 25.6. The number of aliphatic carboxylic acids is 1. The number of nitrogens with zero attached hydrogens (tertiary/aromatic N) is 4. The molecule has 2 atom stereocenters. The molecule has 122 valence electrons. The van der Waals surface area contributed by atoms with E-state index in [9.17, 15) is 9.59 Å². The first-order valence-corrected chi connectivity index (χ1v) is 7.46. The highest BCUT2D eigenvalue weighted by atomic mass is 16.4.